The SMILES string of the molecule is Cc1ccc(C2(c3ccccc3)C(=O)Oc3cc(O)ccc32)cc1. The first-order valence-electron chi connectivity index (χ1n) is 7.81. The van der Waals surface area contributed by atoms with Crippen LogP contribution in [0.25, 0.3) is 0 Å². The first-order valence-corrected chi connectivity index (χ1v) is 7.81. The third-order valence-corrected chi connectivity index (χ3v) is 4.57. The first kappa shape index (κ1) is 14.5. The zero-order valence-corrected chi connectivity index (χ0v) is 13.2. The number of aromatic hydroxyl groups is 1. The van der Waals surface area contributed by atoms with Crippen molar-refractivity contribution in [3.63, 3.8) is 0 Å². The molecule has 3 aromatic carbocycles. The predicted molar refractivity (Wildman–Crippen MR) is 91.2 cm³/mol. The van der Waals surface area contributed by atoms with E-state index in [2.05, 4.69) is 0 Å². The molecule has 0 bridgehead atoms. The van der Waals surface area contributed by atoms with Crippen molar-refractivity contribution in [1.82, 2.24) is 0 Å². The molecule has 1 aliphatic rings. The molecule has 0 saturated heterocycles. The van der Waals surface area contributed by atoms with Crippen LogP contribution in [0.2, 0.25) is 0 Å². The molecule has 24 heavy (non-hydrogen) atoms. The minimum atomic E-state index is -1.02. The van der Waals surface area contributed by atoms with E-state index in [0.29, 0.717) is 5.75 Å². The molecule has 0 saturated carbocycles. The summed E-state index contributed by atoms with van der Waals surface area (Å²) in [5, 5.41) is 9.74. The normalized spacial score (nSPS) is 19.0. The number of hydrogen-bond donors (Lipinski definition) is 1. The standard InChI is InChI=1S/C21H16O3/c1-14-7-9-16(10-8-14)21(15-5-3-2-4-6-15)18-12-11-17(22)13-19(18)24-20(21)23/h2-13,22H,1H3. The Labute approximate surface area is 140 Å². The maximum atomic E-state index is 13.0. The van der Waals surface area contributed by atoms with Gasteiger partial charge in [0.25, 0.3) is 0 Å². The van der Waals surface area contributed by atoms with Crippen molar-refractivity contribution in [3.8, 4) is 11.5 Å². The van der Waals surface area contributed by atoms with E-state index >= 15 is 0 Å². The summed E-state index contributed by atoms with van der Waals surface area (Å²) in [7, 11) is 0. The molecule has 1 aliphatic heterocycles. The van der Waals surface area contributed by atoms with Gasteiger partial charge in [0.05, 0.1) is 0 Å². The number of aryl methyl sites for hydroxylation is 1. The molecule has 0 aliphatic carbocycles. The average Bonchev–Trinajstić information content (AvgIpc) is 2.88. The van der Waals surface area contributed by atoms with Crippen molar-refractivity contribution >= 4 is 5.97 Å². The van der Waals surface area contributed by atoms with Crippen molar-refractivity contribution in [2.24, 2.45) is 0 Å². The summed E-state index contributed by atoms with van der Waals surface area (Å²) in [5.74, 6) is 0.136. The smallest absolute Gasteiger partial charge is 0.331 e. The van der Waals surface area contributed by atoms with Crippen LogP contribution in [0.3, 0.4) is 0 Å². The number of phenols is 1. The van der Waals surface area contributed by atoms with Crippen LogP contribution in [0.15, 0.2) is 72.8 Å². The van der Waals surface area contributed by atoms with Crippen molar-refractivity contribution in [3.05, 3.63) is 95.1 Å². The van der Waals surface area contributed by atoms with Crippen molar-refractivity contribution in [2.45, 2.75) is 12.3 Å². The number of hydrogen-bond acceptors (Lipinski definition) is 3. The lowest BCUT2D eigenvalue weighted by Gasteiger charge is -2.27. The first-order chi connectivity index (χ1) is 11.6. The van der Waals surface area contributed by atoms with E-state index < -0.39 is 5.41 Å². The maximum absolute atomic E-state index is 13.0. The van der Waals surface area contributed by atoms with Crippen LogP contribution in [-0.4, -0.2) is 11.1 Å². The molecule has 1 N–H and O–H groups in total. The fraction of sp³-hybridized carbons (Fsp3) is 0.0952. The number of fused-ring (bicyclic) bond motifs is 1. The van der Waals surface area contributed by atoms with E-state index in [0.717, 1.165) is 22.3 Å². The number of rotatable bonds is 2. The van der Waals surface area contributed by atoms with Gasteiger partial charge in [-0.25, -0.2) is 4.79 Å². The number of esters is 1. The molecule has 0 radical (unpaired) electrons. The molecular formula is C21H16O3. The summed E-state index contributed by atoms with van der Waals surface area (Å²) < 4.78 is 5.54. The molecule has 1 heterocycles. The predicted octanol–water partition coefficient (Wildman–Crippen LogP) is 3.95. The molecule has 4 rings (SSSR count). The highest BCUT2D eigenvalue weighted by molar-refractivity contribution is 5.98. The van der Waals surface area contributed by atoms with Gasteiger partial charge in [-0.05, 0) is 30.2 Å². The van der Waals surface area contributed by atoms with Gasteiger partial charge in [0.1, 0.15) is 16.9 Å². The van der Waals surface area contributed by atoms with E-state index in [1.165, 1.54) is 6.07 Å². The molecule has 0 fully saturated rings. The van der Waals surface area contributed by atoms with Crippen LogP contribution in [0, 0.1) is 6.92 Å². The molecule has 118 valence electrons. The summed E-state index contributed by atoms with van der Waals surface area (Å²) in [6.45, 7) is 2.01. The lowest BCUT2D eigenvalue weighted by molar-refractivity contribution is -0.135. The van der Waals surface area contributed by atoms with E-state index in [-0.39, 0.29) is 11.7 Å². The quantitative estimate of drug-likeness (QED) is 0.575. The second-order valence-electron chi connectivity index (χ2n) is 6.05. The van der Waals surface area contributed by atoms with Crippen molar-refractivity contribution in [1.29, 1.82) is 0 Å². The van der Waals surface area contributed by atoms with Crippen molar-refractivity contribution < 1.29 is 14.6 Å². The van der Waals surface area contributed by atoms with Crippen LogP contribution in [0.1, 0.15) is 22.3 Å². The maximum Gasteiger partial charge on any atom is 0.331 e. The molecular weight excluding hydrogens is 300 g/mol. The Kier molecular flexibility index (Phi) is 3.17. The average molecular weight is 316 g/mol. The van der Waals surface area contributed by atoms with E-state index in [4.69, 9.17) is 4.74 Å². The summed E-state index contributed by atoms with van der Waals surface area (Å²) in [5.41, 5.74) is 2.56. The van der Waals surface area contributed by atoms with Crippen LogP contribution in [0.5, 0.6) is 11.5 Å². The lowest BCUT2D eigenvalue weighted by Crippen LogP contribution is -2.36. The summed E-state index contributed by atoms with van der Waals surface area (Å²) in [4.78, 5) is 13.0. The minimum absolute atomic E-state index is 0.0781. The highest BCUT2D eigenvalue weighted by Crippen LogP contribution is 2.49. The van der Waals surface area contributed by atoms with Gasteiger partial charge in [0.2, 0.25) is 0 Å². The Morgan fingerprint density at radius 1 is 0.875 bits per heavy atom. The van der Waals surface area contributed by atoms with E-state index in [1.807, 2.05) is 61.5 Å². The van der Waals surface area contributed by atoms with Crippen LogP contribution in [-0.2, 0) is 10.2 Å². The van der Waals surface area contributed by atoms with Gasteiger partial charge in [0, 0.05) is 11.6 Å². The molecule has 1 atom stereocenters. The van der Waals surface area contributed by atoms with Crippen molar-refractivity contribution in [2.75, 3.05) is 0 Å². The number of ether oxygens (including phenoxy) is 1. The number of phenolic OH excluding ortho intramolecular Hbond substituents is 1. The molecule has 3 heteroatoms. The van der Waals surface area contributed by atoms with Gasteiger partial charge in [-0.2, -0.15) is 0 Å². The van der Waals surface area contributed by atoms with Gasteiger partial charge >= 0.3 is 5.97 Å². The molecule has 3 aromatic rings. The Bertz CT molecular complexity index is 914. The van der Waals surface area contributed by atoms with Gasteiger partial charge in [-0.3, -0.25) is 0 Å². The largest absolute Gasteiger partial charge is 0.508 e. The Balaban J connectivity index is 2.07. The lowest BCUT2D eigenvalue weighted by atomic mass is 9.70. The van der Waals surface area contributed by atoms with Crippen LogP contribution in [0.4, 0.5) is 0 Å². The zero-order chi connectivity index (χ0) is 16.7. The fourth-order valence-corrected chi connectivity index (χ4v) is 3.40. The Hall–Kier alpha value is -3.07. The van der Waals surface area contributed by atoms with Gasteiger partial charge in [-0.15, -0.1) is 0 Å². The summed E-state index contributed by atoms with van der Waals surface area (Å²) in [6, 6.07) is 22.4. The van der Waals surface area contributed by atoms with Crippen LogP contribution < -0.4 is 4.74 Å². The summed E-state index contributed by atoms with van der Waals surface area (Å²) in [6.07, 6.45) is 0. The Morgan fingerprint density at radius 3 is 2.25 bits per heavy atom. The van der Waals surface area contributed by atoms with Gasteiger partial charge in [0.15, 0.2) is 0 Å². The fourth-order valence-electron chi connectivity index (χ4n) is 3.40. The molecule has 0 amide bonds. The van der Waals surface area contributed by atoms with Gasteiger partial charge in [-0.1, -0.05) is 60.2 Å². The second-order valence-corrected chi connectivity index (χ2v) is 6.05. The van der Waals surface area contributed by atoms with E-state index in [1.54, 1.807) is 12.1 Å². The van der Waals surface area contributed by atoms with E-state index in [9.17, 15) is 9.90 Å². The van der Waals surface area contributed by atoms with Crippen LogP contribution >= 0.6 is 0 Å². The molecule has 1 unspecified atom stereocenters. The molecule has 0 spiro atoms. The highest BCUT2D eigenvalue weighted by Gasteiger charge is 2.52. The third kappa shape index (κ3) is 1.95. The third-order valence-electron chi connectivity index (χ3n) is 4.57. The molecule has 3 nitrogen and oxygen atoms in total. The zero-order valence-electron chi connectivity index (χ0n) is 13.2. The van der Waals surface area contributed by atoms with Gasteiger partial charge < -0.3 is 9.84 Å². The highest BCUT2D eigenvalue weighted by atomic mass is 16.5. The molecule has 0 aromatic heterocycles. The number of carbonyl (C=O) groups is 1. The summed E-state index contributed by atoms with van der Waals surface area (Å²) >= 11 is 0. The minimum Gasteiger partial charge on any atom is -0.508 e. The Morgan fingerprint density at radius 2 is 1.54 bits per heavy atom. The monoisotopic (exact) mass is 316 g/mol. The number of carbonyl (C=O) groups excluding carboxylic acids is 1. The topological polar surface area (TPSA) is 46.5 Å². The number of benzene rings is 3. The second kappa shape index (κ2) is 5.24.